The summed E-state index contributed by atoms with van der Waals surface area (Å²) in [6.07, 6.45) is 1.06. The van der Waals surface area contributed by atoms with Crippen molar-refractivity contribution in [2.75, 3.05) is 6.54 Å². The predicted octanol–water partition coefficient (Wildman–Crippen LogP) is 4.28. The van der Waals surface area contributed by atoms with Crippen LogP contribution in [-0.4, -0.2) is 6.54 Å². The highest BCUT2D eigenvalue weighted by molar-refractivity contribution is 9.10. The van der Waals surface area contributed by atoms with Crippen LogP contribution in [0.5, 0.6) is 0 Å². The van der Waals surface area contributed by atoms with E-state index < -0.39 is 0 Å². The van der Waals surface area contributed by atoms with Gasteiger partial charge < -0.3 is 5.32 Å². The van der Waals surface area contributed by atoms with Crippen LogP contribution in [0.25, 0.3) is 0 Å². The quantitative estimate of drug-likeness (QED) is 0.852. The van der Waals surface area contributed by atoms with Crippen molar-refractivity contribution in [3.05, 3.63) is 34.1 Å². The average Bonchev–Trinajstić information content (AvgIpc) is 2.20. The van der Waals surface area contributed by atoms with Crippen LogP contribution in [0.2, 0.25) is 0 Å². The first-order valence-corrected chi connectivity index (χ1v) is 6.54. The molecule has 0 aliphatic heterocycles. The van der Waals surface area contributed by atoms with Crippen molar-refractivity contribution in [3.63, 3.8) is 0 Å². The van der Waals surface area contributed by atoms with Gasteiger partial charge in [-0.3, -0.25) is 0 Å². The molecule has 0 radical (unpaired) electrons. The monoisotopic (exact) mass is 287 g/mol. The molecule has 0 bridgehead atoms. The van der Waals surface area contributed by atoms with Gasteiger partial charge >= 0.3 is 0 Å². The Morgan fingerprint density at radius 2 is 2.06 bits per heavy atom. The SMILES string of the molecule is CCCNC(c1ccc(Br)cc1F)C(C)C. The highest BCUT2D eigenvalue weighted by atomic mass is 79.9. The van der Waals surface area contributed by atoms with E-state index in [0.717, 1.165) is 23.0 Å². The molecule has 0 aliphatic carbocycles. The van der Waals surface area contributed by atoms with Gasteiger partial charge in [-0.05, 0) is 31.0 Å². The Bertz CT molecular complexity index is 339. The Hall–Kier alpha value is -0.410. The predicted molar refractivity (Wildman–Crippen MR) is 70.0 cm³/mol. The average molecular weight is 288 g/mol. The van der Waals surface area contributed by atoms with Crippen LogP contribution in [0.4, 0.5) is 4.39 Å². The lowest BCUT2D eigenvalue weighted by Gasteiger charge is -2.23. The molecule has 0 fully saturated rings. The fraction of sp³-hybridized carbons (Fsp3) is 0.538. The van der Waals surface area contributed by atoms with E-state index in [0.29, 0.717) is 5.92 Å². The standard InChI is InChI=1S/C13H19BrFN/c1-4-7-16-13(9(2)3)11-6-5-10(14)8-12(11)15/h5-6,8-9,13,16H,4,7H2,1-3H3. The normalized spacial score (nSPS) is 13.1. The van der Waals surface area contributed by atoms with Crippen LogP contribution in [0, 0.1) is 11.7 Å². The van der Waals surface area contributed by atoms with Crippen LogP contribution in [0.15, 0.2) is 22.7 Å². The summed E-state index contributed by atoms with van der Waals surface area (Å²) in [4.78, 5) is 0. The third-order valence-electron chi connectivity index (χ3n) is 2.58. The number of rotatable bonds is 5. The molecule has 1 atom stereocenters. The van der Waals surface area contributed by atoms with Gasteiger partial charge in [-0.25, -0.2) is 4.39 Å². The van der Waals surface area contributed by atoms with Crippen molar-refractivity contribution in [1.29, 1.82) is 0 Å². The second-order valence-electron chi connectivity index (χ2n) is 4.34. The van der Waals surface area contributed by atoms with Gasteiger partial charge in [0, 0.05) is 16.1 Å². The minimum absolute atomic E-state index is 0.0908. The van der Waals surface area contributed by atoms with Crippen molar-refractivity contribution in [3.8, 4) is 0 Å². The largest absolute Gasteiger partial charge is 0.310 e. The fourth-order valence-corrected chi connectivity index (χ4v) is 2.09. The van der Waals surface area contributed by atoms with Gasteiger partial charge in [0.05, 0.1) is 0 Å². The zero-order chi connectivity index (χ0) is 12.1. The lowest BCUT2D eigenvalue weighted by atomic mass is 9.95. The van der Waals surface area contributed by atoms with Crippen molar-refractivity contribution in [1.82, 2.24) is 5.32 Å². The number of nitrogens with one attached hydrogen (secondary N) is 1. The molecule has 1 aromatic rings. The molecular formula is C13H19BrFN. The lowest BCUT2D eigenvalue weighted by molar-refractivity contribution is 0.398. The highest BCUT2D eigenvalue weighted by Crippen LogP contribution is 2.26. The molecule has 0 amide bonds. The maximum Gasteiger partial charge on any atom is 0.129 e. The molecule has 1 rings (SSSR count). The molecule has 0 spiro atoms. The number of hydrogen-bond acceptors (Lipinski definition) is 1. The zero-order valence-corrected chi connectivity index (χ0v) is 11.6. The summed E-state index contributed by atoms with van der Waals surface area (Å²) in [5.74, 6) is 0.235. The van der Waals surface area contributed by atoms with E-state index in [9.17, 15) is 4.39 Å². The summed E-state index contributed by atoms with van der Waals surface area (Å²) in [5, 5.41) is 3.39. The summed E-state index contributed by atoms with van der Waals surface area (Å²) in [5.41, 5.74) is 0.756. The first-order valence-electron chi connectivity index (χ1n) is 5.74. The first-order chi connectivity index (χ1) is 7.56. The number of benzene rings is 1. The molecule has 16 heavy (non-hydrogen) atoms. The highest BCUT2D eigenvalue weighted by Gasteiger charge is 2.18. The maximum absolute atomic E-state index is 13.8. The Balaban J connectivity index is 2.92. The smallest absolute Gasteiger partial charge is 0.129 e. The summed E-state index contributed by atoms with van der Waals surface area (Å²) < 4.78 is 14.6. The molecule has 0 saturated carbocycles. The van der Waals surface area contributed by atoms with Gasteiger partial charge in [0.25, 0.3) is 0 Å². The van der Waals surface area contributed by atoms with Gasteiger partial charge in [-0.2, -0.15) is 0 Å². The Morgan fingerprint density at radius 3 is 2.56 bits per heavy atom. The van der Waals surface area contributed by atoms with E-state index >= 15 is 0 Å². The van der Waals surface area contributed by atoms with E-state index in [4.69, 9.17) is 0 Å². The Morgan fingerprint density at radius 1 is 1.38 bits per heavy atom. The maximum atomic E-state index is 13.8. The van der Waals surface area contributed by atoms with E-state index in [2.05, 4.69) is 42.0 Å². The molecule has 1 N–H and O–H groups in total. The van der Waals surface area contributed by atoms with E-state index in [1.54, 1.807) is 0 Å². The van der Waals surface area contributed by atoms with E-state index in [1.807, 2.05) is 12.1 Å². The van der Waals surface area contributed by atoms with Gasteiger partial charge in [-0.15, -0.1) is 0 Å². The van der Waals surface area contributed by atoms with Crippen molar-refractivity contribution in [2.45, 2.75) is 33.2 Å². The third kappa shape index (κ3) is 3.56. The van der Waals surface area contributed by atoms with Crippen molar-refractivity contribution >= 4 is 15.9 Å². The molecule has 1 aromatic carbocycles. The molecular weight excluding hydrogens is 269 g/mol. The van der Waals surface area contributed by atoms with E-state index in [1.165, 1.54) is 6.07 Å². The Kier molecular flexibility index (Phi) is 5.42. The van der Waals surface area contributed by atoms with Crippen LogP contribution >= 0.6 is 15.9 Å². The minimum Gasteiger partial charge on any atom is -0.310 e. The third-order valence-corrected chi connectivity index (χ3v) is 3.07. The molecule has 0 saturated heterocycles. The first kappa shape index (κ1) is 13.7. The van der Waals surface area contributed by atoms with Gasteiger partial charge in [-0.1, -0.05) is 42.8 Å². The molecule has 0 aromatic heterocycles. The molecule has 0 aliphatic rings. The van der Waals surface area contributed by atoms with Crippen molar-refractivity contribution < 1.29 is 4.39 Å². The number of halogens is 2. The summed E-state index contributed by atoms with van der Waals surface area (Å²) in [6, 6.07) is 5.36. The van der Waals surface area contributed by atoms with Gasteiger partial charge in [0.1, 0.15) is 5.82 Å². The summed E-state index contributed by atoms with van der Waals surface area (Å²) in [6.45, 7) is 7.24. The topological polar surface area (TPSA) is 12.0 Å². The zero-order valence-electron chi connectivity index (χ0n) is 10.1. The number of hydrogen-bond donors (Lipinski definition) is 1. The lowest BCUT2D eigenvalue weighted by Crippen LogP contribution is -2.27. The fourth-order valence-electron chi connectivity index (χ4n) is 1.76. The molecule has 1 nitrogen and oxygen atoms in total. The van der Waals surface area contributed by atoms with Crippen LogP contribution in [-0.2, 0) is 0 Å². The van der Waals surface area contributed by atoms with E-state index in [-0.39, 0.29) is 11.9 Å². The van der Waals surface area contributed by atoms with Crippen LogP contribution in [0.1, 0.15) is 38.8 Å². The Labute approximate surface area is 106 Å². The van der Waals surface area contributed by atoms with Crippen molar-refractivity contribution in [2.24, 2.45) is 5.92 Å². The second kappa shape index (κ2) is 6.36. The summed E-state index contributed by atoms with van der Waals surface area (Å²) >= 11 is 3.27. The van der Waals surface area contributed by atoms with Gasteiger partial charge in [0.2, 0.25) is 0 Å². The second-order valence-corrected chi connectivity index (χ2v) is 5.26. The van der Waals surface area contributed by atoms with Gasteiger partial charge in [0.15, 0.2) is 0 Å². The minimum atomic E-state index is -0.142. The summed E-state index contributed by atoms with van der Waals surface area (Å²) in [7, 11) is 0. The molecule has 90 valence electrons. The van der Waals surface area contributed by atoms with Crippen LogP contribution in [0.3, 0.4) is 0 Å². The van der Waals surface area contributed by atoms with Crippen LogP contribution < -0.4 is 5.32 Å². The molecule has 0 heterocycles. The molecule has 3 heteroatoms. The molecule has 1 unspecified atom stereocenters.